The summed E-state index contributed by atoms with van der Waals surface area (Å²) in [6.07, 6.45) is 10.1. The summed E-state index contributed by atoms with van der Waals surface area (Å²) in [7, 11) is 0. The summed E-state index contributed by atoms with van der Waals surface area (Å²) >= 11 is 3.75. The molecule has 1 saturated carbocycles. The molecule has 18 heavy (non-hydrogen) atoms. The summed E-state index contributed by atoms with van der Waals surface area (Å²) in [6.45, 7) is 6.76. The highest BCUT2D eigenvalue weighted by atomic mass is 79.9. The van der Waals surface area contributed by atoms with Crippen molar-refractivity contribution in [3.8, 4) is 0 Å². The molecule has 0 spiro atoms. The molecule has 2 nitrogen and oxygen atoms in total. The zero-order valence-corrected chi connectivity index (χ0v) is 13.1. The summed E-state index contributed by atoms with van der Waals surface area (Å²) in [4.78, 5) is 5.52. The molecule has 1 atom stereocenters. The molecule has 0 radical (unpaired) electrons. The van der Waals surface area contributed by atoms with Crippen LogP contribution in [-0.4, -0.2) is 53.9 Å². The molecule has 1 aliphatic carbocycles. The van der Waals surface area contributed by atoms with Crippen molar-refractivity contribution in [1.29, 1.82) is 0 Å². The number of nitrogens with zero attached hydrogens (tertiary/aromatic N) is 2. The fourth-order valence-corrected chi connectivity index (χ4v) is 4.76. The Morgan fingerprint density at radius 2 is 1.78 bits per heavy atom. The molecule has 0 amide bonds. The van der Waals surface area contributed by atoms with E-state index in [9.17, 15) is 0 Å². The van der Waals surface area contributed by atoms with Crippen LogP contribution in [0.4, 0.5) is 0 Å². The van der Waals surface area contributed by atoms with Gasteiger partial charge in [-0.1, -0.05) is 28.8 Å². The van der Waals surface area contributed by atoms with Crippen LogP contribution in [0.1, 0.15) is 44.9 Å². The van der Waals surface area contributed by atoms with E-state index in [-0.39, 0.29) is 0 Å². The van der Waals surface area contributed by atoms with Gasteiger partial charge in [-0.15, -0.1) is 0 Å². The molecule has 3 fully saturated rings. The van der Waals surface area contributed by atoms with E-state index in [2.05, 4.69) is 25.7 Å². The predicted molar refractivity (Wildman–Crippen MR) is 80.3 cm³/mol. The number of alkyl halides is 1. The van der Waals surface area contributed by atoms with Crippen molar-refractivity contribution < 1.29 is 0 Å². The number of rotatable bonds is 4. The molecular weight excluding hydrogens is 288 g/mol. The quantitative estimate of drug-likeness (QED) is 0.736. The Morgan fingerprint density at radius 1 is 1.00 bits per heavy atom. The zero-order valence-electron chi connectivity index (χ0n) is 11.5. The van der Waals surface area contributed by atoms with Crippen LogP contribution < -0.4 is 0 Å². The van der Waals surface area contributed by atoms with Crippen LogP contribution in [0.2, 0.25) is 0 Å². The molecule has 0 bridgehead atoms. The van der Waals surface area contributed by atoms with Gasteiger partial charge in [-0.05, 0) is 57.2 Å². The van der Waals surface area contributed by atoms with E-state index in [1.54, 1.807) is 0 Å². The molecular formula is C15H27BrN2. The first-order chi connectivity index (χ1) is 8.81. The summed E-state index contributed by atoms with van der Waals surface area (Å²) < 4.78 is 0. The van der Waals surface area contributed by atoms with Crippen LogP contribution in [-0.2, 0) is 0 Å². The highest BCUT2D eigenvalue weighted by Gasteiger charge is 2.39. The number of likely N-dealkylation sites (tertiary alicyclic amines) is 2. The molecule has 3 heteroatoms. The second-order valence-corrected chi connectivity index (χ2v) is 7.32. The van der Waals surface area contributed by atoms with Crippen LogP contribution in [0, 0.1) is 5.41 Å². The molecule has 104 valence electrons. The van der Waals surface area contributed by atoms with Gasteiger partial charge in [-0.25, -0.2) is 0 Å². The lowest BCUT2D eigenvalue weighted by Crippen LogP contribution is -2.45. The molecule has 3 rings (SSSR count). The first-order valence-corrected chi connectivity index (χ1v) is 8.96. The maximum absolute atomic E-state index is 3.75. The minimum atomic E-state index is 0.636. The summed E-state index contributed by atoms with van der Waals surface area (Å²) in [5.41, 5.74) is 0.636. The van der Waals surface area contributed by atoms with Gasteiger partial charge in [0.05, 0.1) is 0 Å². The minimum absolute atomic E-state index is 0.636. The van der Waals surface area contributed by atoms with Gasteiger partial charge in [0.2, 0.25) is 0 Å². The Kier molecular flexibility index (Phi) is 4.32. The predicted octanol–water partition coefficient (Wildman–Crippen LogP) is 3.11. The second-order valence-electron chi connectivity index (χ2n) is 6.76. The van der Waals surface area contributed by atoms with Gasteiger partial charge in [0.25, 0.3) is 0 Å². The maximum atomic E-state index is 3.75. The molecule has 0 aromatic carbocycles. The van der Waals surface area contributed by atoms with E-state index in [0.717, 1.165) is 6.04 Å². The van der Waals surface area contributed by atoms with Crippen molar-refractivity contribution in [2.45, 2.75) is 51.0 Å². The molecule has 2 saturated heterocycles. The fourth-order valence-electron chi connectivity index (χ4n) is 4.02. The van der Waals surface area contributed by atoms with Crippen molar-refractivity contribution in [3.05, 3.63) is 0 Å². The van der Waals surface area contributed by atoms with Gasteiger partial charge in [0, 0.05) is 24.5 Å². The highest BCUT2D eigenvalue weighted by Crippen LogP contribution is 2.43. The van der Waals surface area contributed by atoms with Crippen LogP contribution in [0.3, 0.4) is 0 Å². The standard InChI is InChI=1S/C15H27BrN2/c16-12-15(6-4-7-15)13-17-10-5-14(11-17)18-8-2-1-3-9-18/h14H,1-13H2. The van der Waals surface area contributed by atoms with Crippen molar-refractivity contribution in [2.75, 3.05) is 38.1 Å². The van der Waals surface area contributed by atoms with Gasteiger partial charge in [0.15, 0.2) is 0 Å². The average molecular weight is 315 g/mol. The molecule has 1 unspecified atom stereocenters. The SMILES string of the molecule is BrCC1(CN2CCC(N3CCCCC3)C2)CCC1. The molecule has 0 aromatic heterocycles. The van der Waals surface area contributed by atoms with E-state index in [1.807, 2.05) is 0 Å². The molecule has 2 heterocycles. The summed E-state index contributed by atoms with van der Waals surface area (Å²) in [6, 6.07) is 0.873. The third-order valence-corrected chi connectivity index (χ3v) is 6.60. The van der Waals surface area contributed by atoms with E-state index >= 15 is 0 Å². The van der Waals surface area contributed by atoms with E-state index in [4.69, 9.17) is 0 Å². The van der Waals surface area contributed by atoms with Crippen molar-refractivity contribution in [2.24, 2.45) is 5.41 Å². The van der Waals surface area contributed by atoms with Crippen LogP contribution in [0.5, 0.6) is 0 Å². The first kappa shape index (κ1) is 13.4. The largest absolute Gasteiger partial charge is 0.301 e. The Balaban J connectivity index is 1.48. The van der Waals surface area contributed by atoms with Crippen LogP contribution >= 0.6 is 15.9 Å². The van der Waals surface area contributed by atoms with E-state index in [1.165, 1.54) is 83.0 Å². The van der Waals surface area contributed by atoms with Gasteiger partial charge in [0.1, 0.15) is 0 Å². The topological polar surface area (TPSA) is 6.48 Å². The molecule has 3 aliphatic rings. The lowest BCUT2D eigenvalue weighted by Gasteiger charge is -2.43. The monoisotopic (exact) mass is 314 g/mol. The Bertz CT molecular complexity index is 266. The number of piperidine rings is 1. The maximum Gasteiger partial charge on any atom is 0.0235 e. The lowest BCUT2D eigenvalue weighted by molar-refractivity contribution is 0.0953. The van der Waals surface area contributed by atoms with Crippen molar-refractivity contribution >= 4 is 15.9 Å². The van der Waals surface area contributed by atoms with Crippen LogP contribution in [0.15, 0.2) is 0 Å². The zero-order chi connectivity index (χ0) is 12.4. The Hall–Kier alpha value is 0.400. The first-order valence-electron chi connectivity index (χ1n) is 7.84. The second kappa shape index (κ2) is 5.80. The number of hydrogen-bond acceptors (Lipinski definition) is 2. The Morgan fingerprint density at radius 3 is 2.39 bits per heavy atom. The van der Waals surface area contributed by atoms with Gasteiger partial charge >= 0.3 is 0 Å². The third-order valence-electron chi connectivity index (χ3n) is 5.41. The Labute approximate surface area is 120 Å². The van der Waals surface area contributed by atoms with Crippen molar-refractivity contribution in [3.63, 3.8) is 0 Å². The normalized spacial score (nSPS) is 33.5. The third kappa shape index (κ3) is 2.78. The smallest absolute Gasteiger partial charge is 0.0235 e. The molecule has 0 N–H and O–H groups in total. The van der Waals surface area contributed by atoms with Crippen molar-refractivity contribution in [1.82, 2.24) is 9.80 Å². The molecule has 0 aromatic rings. The summed E-state index contributed by atoms with van der Waals surface area (Å²) in [5.74, 6) is 0. The fraction of sp³-hybridized carbons (Fsp3) is 1.00. The highest BCUT2D eigenvalue weighted by molar-refractivity contribution is 9.09. The van der Waals surface area contributed by atoms with Gasteiger partial charge in [-0.3, -0.25) is 4.90 Å². The average Bonchev–Trinajstić information content (AvgIpc) is 2.83. The lowest BCUT2D eigenvalue weighted by atomic mass is 9.70. The van der Waals surface area contributed by atoms with E-state index in [0.29, 0.717) is 5.41 Å². The number of hydrogen-bond donors (Lipinski definition) is 0. The number of halogens is 1. The summed E-state index contributed by atoms with van der Waals surface area (Å²) in [5, 5.41) is 1.21. The molecule has 2 aliphatic heterocycles. The van der Waals surface area contributed by atoms with Gasteiger partial charge < -0.3 is 4.90 Å². The minimum Gasteiger partial charge on any atom is -0.301 e. The van der Waals surface area contributed by atoms with Crippen LogP contribution in [0.25, 0.3) is 0 Å². The van der Waals surface area contributed by atoms with E-state index < -0.39 is 0 Å². The van der Waals surface area contributed by atoms with Gasteiger partial charge in [-0.2, -0.15) is 0 Å².